The Morgan fingerprint density at radius 2 is 2.05 bits per heavy atom. The predicted octanol–water partition coefficient (Wildman–Crippen LogP) is 4.47. The standard InChI is InChI=1S/C17H15BrO3/c1-10-7-11(3-6-14(10)18)16-9-15(19)13-5-4-12(20-2)8-17(13)21-16/h3-8,16H,9H2,1-2H3. The highest BCUT2D eigenvalue weighted by atomic mass is 79.9. The highest BCUT2D eigenvalue weighted by Crippen LogP contribution is 2.37. The Morgan fingerprint density at radius 3 is 2.76 bits per heavy atom. The number of halogens is 1. The van der Waals surface area contributed by atoms with Crippen molar-refractivity contribution in [3.63, 3.8) is 0 Å². The predicted molar refractivity (Wildman–Crippen MR) is 84.2 cm³/mol. The second-order valence-corrected chi connectivity index (χ2v) is 5.96. The van der Waals surface area contributed by atoms with Gasteiger partial charge in [-0.1, -0.05) is 28.1 Å². The molecule has 3 rings (SSSR count). The Hall–Kier alpha value is -1.81. The number of hydrogen-bond donors (Lipinski definition) is 0. The number of ether oxygens (including phenoxy) is 2. The highest BCUT2D eigenvalue weighted by Gasteiger charge is 2.28. The Balaban J connectivity index is 1.96. The Morgan fingerprint density at radius 1 is 1.24 bits per heavy atom. The minimum absolute atomic E-state index is 0.101. The van der Waals surface area contributed by atoms with E-state index < -0.39 is 0 Å². The van der Waals surface area contributed by atoms with Gasteiger partial charge in [-0.2, -0.15) is 0 Å². The summed E-state index contributed by atoms with van der Waals surface area (Å²) in [5.74, 6) is 1.38. The van der Waals surface area contributed by atoms with Crippen molar-refractivity contribution in [2.45, 2.75) is 19.4 Å². The molecule has 1 aliphatic heterocycles. The van der Waals surface area contributed by atoms with Crippen LogP contribution >= 0.6 is 15.9 Å². The molecule has 4 heteroatoms. The van der Waals surface area contributed by atoms with Crippen molar-refractivity contribution in [2.75, 3.05) is 7.11 Å². The smallest absolute Gasteiger partial charge is 0.170 e. The van der Waals surface area contributed by atoms with Crippen molar-refractivity contribution in [1.82, 2.24) is 0 Å². The lowest BCUT2D eigenvalue weighted by Crippen LogP contribution is -2.20. The maximum Gasteiger partial charge on any atom is 0.170 e. The molecule has 1 atom stereocenters. The number of Topliss-reactive ketones (excluding diaryl/α,β-unsaturated/α-hetero) is 1. The number of hydrogen-bond acceptors (Lipinski definition) is 3. The van der Waals surface area contributed by atoms with Gasteiger partial charge in [0.05, 0.1) is 19.1 Å². The van der Waals surface area contributed by atoms with Gasteiger partial charge in [0.2, 0.25) is 0 Å². The van der Waals surface area contributed by atoms with Crippen molar-refractivity contribution < 1.29 is 14.3 Å². The third-order valence-electron chi connectivity index (χ3n) is 3.68. The number of benzene rings is 2. The summed E-state index contributed by atoms with van der Waals surface area (Å²) in [6.45, 7) is 2.02. The average Bonchev–Trinajstić information content (AvgIpc) is 2.49. The van der Waals surface area contributed by atoms with Gasteiger partial charge < -0.3 is 9.47 Å². The van der Waals surface area contributed by atoms with Crippen LogP contribution in [-0.2, 0) is 0 Å². The molecule has 0 amide bonds. The number of methoxy groups -OCH3 is 1. The first-order valence-electron chi connectivity index (χ1n) is 6.72. The molecule has 0 saturated carbocycles. The molecule has 108 valence electrons. The van der Waals surface area contributed by atoms with Crippen molar-refractivity contribution in [3.05, 3.63) is 57.6 Å². The lowest BCUT2D eigenvalue weighted by molar-refractivity contribution is 0.0849. The van der Waals surface area contributed by atoms with Crippen molar-refractivity contribution in [3.8, 4) is 11.5 Å². The molecular weight excluding hydrogens is 332 g/mol. The van der Waals surface area contributed by atoms with Gasteiger partial charge in [-0.15, -0.1) is 0 Å². The molecule has 0 N–H and O–H groups in total. The van der Waals surface area contributed by atoms with Crippen molar-refractivity contribution in [2.24, 2.45) is 0 Å². The highest BCUT2D eigenvalue weighted by molar-refractivity contribution is 9.10. The summed E-state index contributed by atoms with van der Waals surface area (Å²) >= 11 is 3.49. The van der Waals surface area contributed by atoms with Gasteiger partial charge in [-0.25, -0.2) is 0 Å². The summed E-state index contributed by atoms with van der Waals surface area (Å²) in [5, 5.41) is 0. The van der Waals surface area contributed by atoms with Crippen LogP contribution in [0.15, 0.2) is 40.9 Å². The molecule has 21 heavy (non-hydrogen) atoms. The minimum Gasteiger partial charge on any atom is -0.497 e. The molecule has 0 aliphatic carbocycles. The van der Waals surface area contributed by atoms with Gasteiger partial charge in [-0.05, 0) is 36.2 Å². The summed E-state index contributed by atoms with van der Waals surface area (Å²) in [7, 11) is 1.60. The Bertz CT molecular complexity index is 709. The molecule has 1 unspecified atom stereocenters. The van der Waals surface area contributed by atoms with Crippen LogP contribution in [0.4, 0.5) is 0 Å². The largest absolute Gasteiger partial charge is 0.497 e. The van der Waals surface area contributed by atoms with Crippen LogP contribution in [0.2, 0.25) is 0 Å². The number of fused-ring (bicyclic) bond motifs is 1. The monoisotopic (exact) mass is 346 g/mol. The SMILES string of the molecule is COc1ccc2c(c1)OC(c1ccc(Br)c(C)c1)CC2=O. The van der Waals surface area contributed by atoms with Crippen LogP contribution in [0.1, 0.15) is 34.0 Å². The Kier molecular flexibility index (Phi) is 3.72. The quantitative estimate of drug-likeness (QED) is 0.804. The maximum absolute atomic E-state index is 12.3. The van der Waals surface area contributed by atoms with Crippen molar-refractivity contribution >= 4 is 21.7 Å². The third-order valence-corrected chi connectivity index (χ3v) is 4.57. The molecular formula is C17H15BrO3. The Labute approximate surface area is 132 Å². The summed E-state index contributed by atoms with van der Waals surface area (Å²) in [5.41, 5.74) is 2.76. The zero-order valence-corrected chi connectivity index (χ0v) is 13.4. The number of carbonyl (C=O) groups excluding carboxylic acids is 1. The molecule has 1 aliphatic rings. The van der Waals surface area contributed by atoms with Gasteiger partial charge in [0.25, 0.3) is 0 Å². The number of aryl methyl sites for hydroxylation is 1. The van der Waals surface area contributed by atoms with Crippen LogP contribution < -0.4 is 9.47 Å². The molecule has 2 aromatic carbocycles. The van der Waals surface area contributed by atoms with E-state index in [1.807, 2.05) is 25.1 Å². The van der Waals surface area contributed by atoms with Gasteiger partial charge >= 0.3 is 0 Å². The van der Waals surface area contributed by atoms with Gasteiger partial charge in [0.15, 0.2) is 5.78 Å². The van der Waals surface area contributed by atoms with E-state index >= 15 is 0 Å². The molecule has 0 spiro atoms. The number of carbonyl (C=O) groups is 1. The van der Waals surface area contributed by atoms with Crippen LogP contribution in [0.5, 0.6) is 11.5 Å². The topological polar surface area (TPSA) is 35.5 Å². The average molecular weight is 347 g/mol. The third kappa shape index (κ3) is 2.68. The van der Waals surface area contributed by atoms with E-state index in [1.165, 1.54) is 0 Å². The molecule has 0 saturated heterocycles. The summed E-state index contributed by atoms with van der Waals surface area (Å²) in [4.78, 5) is 12.3. The van der Waals surface area contributed by atoms with Crippen LogP contribution in [-0.4, -0.2) is 12.9 Å². The number of rotatable bonds is 2. The fourth-order valence-corrected chi connectivity index (χ4v) is 2.73. The normalized spacial score (nSPS) is 17.1. The molecule has 0 bridgehead atoms. The van der Waals surface area contributed by atoms with Gasteiger partial charge in [-0.3, -0.25) is 4.79 Å². The molecule has 2 aromatic rings. The first kappa shape index (κ1) is 14.1. The molecule has 3 nitrogen and oxygen atoms in total. The van der Waals surface area contributed by atoms with E-state index in [9.17, 15) is 4.79 Å². The lowest BCUT2D eigenvalue weighted by atomic mass is 9.95. The van der Waals surface area contributed by atoms with Gasteiger partial charge in [0, 0.05) is 10.5 Å². The van der Waals surface area contributed by atoms with E-state index in [0.717, 1.165) is 15.6 Å². The fourth-order valence-electron chi connectivity index (χ4n) is 2.48. The lowest BCUT2D eigenvalue weighted by Gasteiger charge is -2.26. The van der Waals surface area contributed by atoms with E-state index in [-0.39, 0.29) is 11.9 Å². The molecule has 0 aromatic heterocycles. The van der Waals surface area contributed by atoms with Crippen molar-refractivity contribution in [1.29, 1.82) is 0 Å². The second-order valence-electron chi connectivity index (χ2n) is 5.10. The summed E-state index contributed by atoms with van der Waals surface area (Å²) in [6, 6.07) is 11.3. The second kappa shape index (κ2) is 5.53. The van der Waals surface area contributed by atoms with Gasteiger partial charge in [0.1, 0.15) is 17.6 Å². The van der Waals surface area contributed by atoms with Crippen LogP contribution in [0, 0.1) is 6.92 Å². The molecule has 1 heterocycles. The first-order valence-corrected chi connectivity index (χ1v) is 7.51. The van der Waals surface area contributed by atoms with E-state index in [1.54, 1.807) is 25.3 Å². The summed E-state index contributed by atoms with van der Waals surface area (Å²) < 4.78 is 12.3. The minimum atomic E-state index is -0.246. The van der Waals surface area contributed by atoms with Crippen LogP contribution in [0.25, 0.3) is 0 Å². The molecule has 0 fully saturated rings. The zero-order valence-electron chi connectivity index (χ0n) is 11.9. The fraction of sp³-hybridized carbons (Fsp3) is 0.235. The summed E-state index contributed by atoms with van der Waals surface area (Å²) in [6.07, 6.45) is 0.115. The molecule has 0 radical (unpaired) electrons. The maximum atomic E-state index is 12.3. The number of ketones is 1. The first-order chi connectivity index (χ1) is 10.1. The van der Waals surface area contributed by atoms with E-state index in [0.29, 0.717) is 23.5 Å². The van der Waals surface area contributed by atoms with E-state index in [4.69, 9.17) is 9.47 Å². The zero-order chi connectivity index (χ0) is 15.0. The van der Waals surface area contributed by atoms with E-state index in [2.05, 4.69) is 15.9 Å². The van der Waals surface area contributed by atoms with Crippen LogP contribution in [0.3, 0.4) is 0 Å².